The van der Waals surface area contributed by atoms with Crippen LogP contribution in [0.5, 0.6) is 0 Å². The summed E-state index contributed by atoms with van der Waals surface area (Å²) in [5.41, 5.74) is 0. The van der Waals surface area contributed by atoms with Crippen molar-refractivity contribution in [2.24, 2.45) is 0 Å². The van der Waals surface area contributed by atoms with E-state index in [0.29, 0.717) is 0 Å². The number of rotatable bonds is 1. The fourth-order valence-electron chi connectivity index (χ4n) is 1.29. The molecule has 0 aromatic heterocycles. The Kier molecular flexibility index (Phi) is 6.22. The number of aliphatic hydroxyl groups is 4. The van der Waals surface area contributed by atoms with Crippen LogP contribution in [0.3, 0.4) is 0 Å². The summed E-state index contributed by atoms with van der Waals surface area (Å²) in [6.45, 7) is 5.21. The lowest BCUT2D eigenvalue weighted by molar-refractivity contribution is -0.224. The Morgan fingerprint density at radius 1 is 1.00 bits per heavy atom. The van der Waals surface area contributed by atoms with Gasteiger partial charge in [-0.1, -0.05) is 13.8 Å². The Morgan fingerprint density at radius 2 is 1.50 bits per heavy atom. The third-order valence-electron chi connectivity index (χ3n) is 2.13. The molecule has 0 amide bonds. The van der Waals surface area contributed by atoms with Crippen LogP contribution in [-0.2, 0) is 4.74 Å². The topological polar surface area (TPSA) is 90.2 Å². The summed E-state index contributed by atoms with van der Waals surface area (Å²) in [4.78, 5) is 0. The molecule has 1 fully saturated rings. The minimum atomic E-state index is -1.24. The highest BCUT2D eigenvalue weighted by Crippen LogP contribution is 2.20. The maximum absolute atomic E-state index is 9.23. The number of hydrogen-bond donors (Lipinski definition) is 4. The molecule has 0 bridgehead atoms. The van der Waals surface area contributed by atoms with E-state index in [-0.39, 0.29) is 6.61 Å². The molecule has 0 aromatic carbocycles. The molecule has 0 saturated carbocycles. The van der Waals surface area contributed by atoms with Gasteiger partial charge in [0, 0.05) is 0 Å². The van der Waals surface area contributed by atoms with Crippen LogP contribution in [-0.4, -0.2) is 57.6 Å². The molecule has 1 saturated heterocycles. The van der Waals surface area contributed by atoms with E-state index in [1.165, 1.54) is 0 Å². The van der Waals surface area contributed by atoms with Crippen LogP contribution in [0.25, 0.3) is 0 Å². The molecule has 4 N–H and O–H groups in total. The van der Waals surface area contributed by atoms with E-state index < -0.39 is 30.5 Å². The summed E-state index contributed by atoms with van der Waals surface area (Å²) in [7, 11) is 0. The molecule has 86 valence electrons. The second-order valence-corrected chi connectivity index (χ2v) is 3.03. The van der Waals surface area contributed by atoms with Gasteiger partial charge in [-0.2, -0.15) is 0 Å². The second-order valence-electron chi connectivity index (χ2n) is 3.03. The van der Waals surface area contributed by atoms with Crippen molar-refractivity contribution in [1.82, 2.24) is 0 Å². The van der Waals surface area contributed by atoms with Gasteiger partial charge in [-0.3, -0.25) is 0 Å². The standard InChI is InChI=1S/C7H14O5.C2H6/c1-3-5(9)7(11)6(10)4(2-8)12-3;1-2/h3-11H,2H2,1H3;1-2H3/t3-,4+,5-,6+,7+;/m0./s1. The zero-order valence-corrected chi connectivity index (χ0v) is 8.79. The molecule has 0 spiro atoms. The predicted octanol–water partition coefficient (Wildman–Crippen LogP) is -1.13. The van der Waals surface area contributed by atoms with Gasteiger partial charge in [-0.15, -0.1) is 0 Å². The average Bonchev–Trinajstić information content (AvgIpc) is 2.23. The average molecular weight is 208 g/mol. The van der Waals surface area contributed by atoms with Gasteiger partial charge in [0.1, 0.15) is 24.4 Å². The highest BCUT2D eigenvalue weighted by molar-refractivity contribution is 4.89. The third kappa shape index (κ3) is 2.90. The third-order valence-corrected chi connectivity index (χ3v) is 2.13. The second kappa shape index (κ2) is 6.31. The first kappa shape index (κ1) is 13.8. The van der Waals surface area contributed by atoms with Crippen molar-refractivity contribution in [2.45, 2.75) is 51.3 Å². The monoisotopic (exact) mass is 208 g/mol. The van der Waals surface area contributed by atoms with Crippen molar-refractivity contribution in [3.63, 3.8) is 0 Å². The molecule has 0 radical (unpaired) electrons. The maximum Gasteiger partial charge on any atom is 0.111 e. The first-order valence-corrected chi connectivity index (χ1v) is 4.88. The van der Waals surface area contributed by atoms with E-state index in [4.69, 9.17) is 9.84 Å². The van der Waals surface area contributed by atoms with Crippen molar-refractivity contribution < 1.29 is 25.2 Å². The normalized spacial score (nSPS) is 42.6. The minimum Gasteiger partial charge on any atom is -0.394 e. The Morgan fingerprint density at radius 3 is 1.93 bits per heavy atom. The van der Waals surface area contributed by atoms with E-state index in [1.54, 1.807) is 6.92 Å². The molecule has 0 unspecified atom stereocenters. The van der Waals surface area contributed by atoms with Crippen LogP contribution in [0.1, 0.15) is 20.8 Å². The van der Waals surface area contributed by atoms with E-state index in [0.717, 1.165) is 0 Å². The molecule has 1 aliphatic rings. The smallest absolute Gasteiger partial charge is 0.111 e. The van der Waals surface area contributed by atoms with Gasteiger partial charge in [0.2, 0.25) is 0 Å². The summed E-state index contributed by atoms with van der Waals surface area (Å²) < 4.78 is 5.02. The van der Waals surface area contributed by atoms with Crippen molar-refractivity contribution in [3.8, 4) is 0 Å². The zero-order valence-electron chi connectivity index (χ0n) is 8.79. The first-order chi connectivity index (χ1) is 6.57. The molecule has 1 heterocycles. The van der Waals surface area contributed by atoms with Gasteiger partial charge in [-0.05, 0) is 6.92 Å². The van der Waals surface area contributed by atoms with Crippen LogP contribution in [0.4, 0.5) is 0 Å². The van der Waals surface area contributed by atoms with Gasteiger partial charge in [0.25, 0.3) is 0 Å². The minimum absolute atomic E-state index is 0.366. The summed E-state index contributed by atoms with van der Waals surface area (Å²) >= 11 is 0. The lowest BCUT2D eigenvalue weighted by Gasteiger charge is -2.38. The number of aliphatic hydroxyl groups excluding tert-OH is 4. The predicted molar refractivity (Wildman–Crippen MR) is 50.8 cm³/mol. The molecule has 0 aromatic rings. The first-order valence-electron chi connectivity index (χ1n) is 4.88. The lowest BCUT2D eigenvalue weighted by atomic mass is 9.96. The Labute approximate surface area is 83.9 Å². The Bertz CT molecular complexity index is 147. The molecule has 0 aliphatic carbocycles. The fraction of sp³-hybridized carbons (Fsp3) is 1.00. The van der Waals surface area contributed by atoms with Crippen LogP contribution in [0.2, 0.25) is 0 Å². The molecular formula is C9H20O5. The van der Waals surface area contributed by atoms with Gasteiger partial charge < -0.3 is 25.2 Å². The largest absolute Gasteiger partial charge is 0.394 e. The summed E-state index contributed by atoms with van der Waals surface area (Å²) in [6, 6.07) is 0. The summed E-state index contributed by atoms with van der Waals surface area (Å²) in [5, 5.41) is 36.4. The zero-order chi connectivity index (χ0) is 11.3. The molecule has 5 nitrogen and oxygen atoms in total. The molecule has 5 heteroatoms. The Balaban J connectivity index is 0.000000791. The highest BCUT2D eigenvalue weighted by atomic mass is 16.5. The van der Waals surface area contributed by atoms with Crippen molar-refractivity contribution in [3.05, 3.63) is 0 Å². The number of hydrogen-bond acceptors (Lipinski definition) is 5. The van der Waals surface area contributed by atoms with Crippen LogP contribution in [0.15, 0.2) is 0 Å². The molecule has 1 rings (SSSR count). The lowest BCUT2D eigenvalue weighted by Crippen LogP contribution is -2.57. The van der Waals surface area contributed by atoms with Gasteiger partial charge in [-0.25, -0.2) is 0 Å². The van der Waals surface area contributed by atoms with Crippen molar-refractivity contribution in [2.75, 3.05) is 6.61 Å². The molecule has 14 heavy (non-hydrogen) atoms. The van der Waals surface area contributed by atoms with E-state index in [1.807, 2.05) is 13.8 Å². The molecular weight excluding hydrogens is 188 g/mol. The highest BCUT2D eigenvalue weighted by Gasteiger charge is 2.41. The van der Waals surface area contributed by atoms with Crippen molar-refractivity contribution >= 4 is 0 Å². The van der Waals surface area contributed by atoms with Crippen LogP contribution < -0.4 is 0 Å². The van der Waals surface area contributed by atoms with E-state index in [9.17, 15) is 15.3 Å². The number of ether oxygens (including phenoxy) is 1. The van der Waals surface area contributed by atoms with Gasteiger partial charge in [0.15, 0.2) is 0 Å². The fourth-order valence-corrected chi connectivity index (χ4v) is 1.29. The molecule has 5 atom stereocenters. The van der Waals surface area contributed by atoms with Gasteiger partial charge >= 0.3 is 0 Å². The van der Waals surface area contributed by atoms with Crippen molar-refractivity contribution in [1.29, 1.82) is 0 Å². The van der Waals surface area contributed by atoms with Crippen LogP contribution in [0, 0.1) is 0 Å². The molecule has 1 aliphatic heterocycles. The van der Waals surface area contributed by atoms with E-state index >= 15 is 0 Å². The summed E-state index contributed by atoms with van der Waals surface area (Å²) in [5.74, 6) is 0. The van der Waals surface area contributed by atoms with Crippen LogP contribution >= 0.6 is 0 Å². The Hall–Kier alpha value is -0.200. The SMILES string of the molecule is CC.C[C@@H]1O[C@H](CO)[C@@H](O)[C@H](O)[C@H]1O. The quantitative estimate of drug-likeness (QED) is 0.438. The maximum atomic E-state index is 9.23. The van der Waals surface area contributed by atoms with Gasteiger partial charge in [0.05, 0.1) is 12.7 Å². The van der Waals surface area contributed by atoms with E-state index in [2.05, 4.69) is 0 Å². The summed E-state index contributed by atoms with van der Waals surface area (Å²) in [6.07, 6.45) is -4.94.